The summed E-state index contributed by atoms with van der Waals surface area (Å²) >= 11 is 0. The first-order valence-electron chi connectivity index (χ1n) is 7.05. The smallest absolute Gasteiger partial charge is 0.335 e. The monoisotopic (exact) mass is 333 g/mol. The van der Waals surface area contributed by atoms with Gasteiger partial charge in [0.2, 0.25) is 0 Å². The first-order chi connectivity index (χ1) is 11.5. The molecule has 2 N–H and O–H groups in total. The van der Waals surface area contributed by atoms with Crippen molar-refractivity contribution < 1.29 is 28.6 Å². The van der Waals surface area contributed by atoms with Crippen molar-refractivity contribution in [2.75, 3.05) is 13.7 Å². The van der Waals surface area contributed by atoms with Crippen LogP contribution in [0, 0.1) is 5.82 Å². The fourth-order valence-corrected chi connectivity index (χ4v) is 1.92. The average Bonchev–Trinajstić information content (AvgIpc) is 2.59. The summed E-state index contributed by atoms with van der Waals surface area (Å²) in [6.45, 7) is -0.0124. The summed E-state index contributed by atoms with van der Waals surface area (Å²) < 4.78 is 23.2. The predicted molar refractivity (Wildman–Crippen MR) is 83.7 cm³/mol. The van der Waals surface area contributed by atoms with Crippen LogP contribution in [0.3, 0.4) is 0 Å². The van der Waals surface area contributed by atoms with Crippen LogP contribution in [0.1, 0.15) is 15.9 Å². The van der Waals surface area contributed by atoms with Crippen LogP contribution in [-0.2, 0) is 11.3 Å². The van der Waals surface area contributed by atoms with Gasteiger partial charge in [0.15, 0.2) is 18.1 Å². The number of hydrogen-bond acceptors (Lipinski definition) is 4. The highest BCUT2D eigenvalue weighted by Crippen LogP contribution is 2.27. The summed E-state index contributed by atoms with van der Waals surface area (Å²) in [7, 11) is 1.38. The van der Waals surface area contributed by atoms with E-state index in [1.807, 2.05) is 0 Å². The minimum atomic E-state index is -1.09. The van der Waals surface area contributed by atoms with Gasteiger partial charge in [-0.2, -0.15) is 0 Å². The molecule has 0 atom stereocenters. The van der Waals surface area contributed by atoms with Crippen molar-refractivity contribution in [1.82, 2.24) is 5.32 Å². The molecule has 24 heavy (non-hydrogen) atoms. The molecule has 2 aromatic carbocycles. The number of aromatic carboxylic acids is 1. The molecule has 0 saturated heterocycles. The Hall–Kier alpha value is -3.09. The van der Waals surface area contributed by atoms with E-state index in [-0.39, 0.29) is 41.9 Å². The molecule has 2 rings (SSSR count). The van der Waals surface area contributed by atoms with Crippen LogP contribution >= 0.6 is 0 Å². The molecule has 0 aliphatic carbocycles. The maximum Gasteiger partial charge on any atom is 0.335 e. The summed E-state index contributed by atoms with van der Waals surface area (Å²) in [5, 5.41) is 11.6. The van der Waals surface area contributed by atoms with Gasteiger partial charge in [-0.25, -0.2) is 9.18 Å². The summed E-state index contributed by atoms with van der Waals surface area (Å²) in [5.41, 5.74) is 0.813. The summed E-state index contributed by atoms with van der Waals surface area (Å²) in [6.07, 6.45) is 0. The summed E-state index contributed by atoms with van der Waals surface area (Å²) in [6, 6.07) is 9.87. The lowest BCUT2D eigenvalue weighted by atomic mass is 10.2. The van der Waals surface area contributed by atoms with Crippen molar-refractivity contribution >= 4 is 11.9 Å². The van der Waals surface area contributed by atoms with Crippen LogP contribution in [0.4, 0.5) is 4.39 Å². The van der Waals surface area contributed by atoms with Crippen molar-refractivity contribution in [3.05, 3.63) is 59.4 Å². The van der Waals surface area contributed by atoms with Gasteiger partial charge in [-0.1, -0.05) is 12.1 Å². The number of carboxylic acid groups (broad SMARTS) is 1. The minimum Gasteiger partial charge on any atom is -0.493 e. The van der Waals surface area contributed by atoms with Gasteiger partial charge in [-0.15, -0.1) is 0 Å². The van der Waals surface area contributed by atoms with E-state index in [0.717, 1.165) is 5.56 Å². The van der Waals surface area contributed by atoms with E-state index in [1.165, 1.54) is 37.4 Å². The van der Waals surface area contributed by atoms with E-state index < -0.39 is 5.97 Å². The molecule has 0 spiro atoms. The fourth-order valence-electron chi connectivity index (χ4n) is 1.92. The van der Waals surface area contributed by atoms with E-state index in [4.69, 9.17) is 14.6 Å². The molecule has 0 bridgehead atoms. The number of carbonyl (C=O) groups is 2. The zero-order valence-corrected chi connectivity index (χ0v) is 12.9. The van der Waals surface area contributed by atoms with E-state index in [2.05, 4.69) is 5.32 Å². The summed E-state index contributed by atoms with van der Waals surface area (Å²) in [4.78, 5) is 22.7. The van der Waals surface area contributed by atoms with E-state index in [0.29, 0.717) is 0 Å². The van der Waals surface area contributed by atoms with Crippen LogP contribution in [0.2, 0.25) is 0 Å². The number of rotatable bonds is 7. The molecule has 1 amide bonds. The molecule has 6 nitrogen and oxygen atoms in total. The second-order valence-corrected chi connectivity index (χ2v) is 4.86. The number of nitrogens with one attached hydrogen (secondary N) is 1. The van der Waals surface area contributed by atoms with Crippen molar-refractivity contribution in [3.63, 3.8) is 0 Å². The van der Waals surface area contributed by atoms with E-state index >= 15 is 0 Å². The van der Waals surface area contributed by atoms with Crippen molar-refractivity contribution in [1.29, 1.82) is 0 Å². The van der Waals surface area contributed by atoms with Gasteiger partial charge in [0.1, 0.15) is 5.82 Å². The highest BCUT2D eigenvalue weighted by molar-refractivity contribution is 5.88. The fraction of sp³-hybridized carbons (Fsp3) is 0.176. The van der Waals surface area contributed by atoms with Crippen LogP contribution in [0.5, 0.6) is 11.5 Å². The lowest BCUT2D eigenvalue weighted by molar-refractivity contribution is -0.123. The number of carbonyl (C=O) groups excluding carboxylic acids is 1. The van der Waals surface area contributed by atoms with Crippen molar-refractivity contribution in [2.45, 2.75) is 6.54 Å². The third-order valence-electron chi connectivity index (χ3n) is 3.17. The van der Waals surface area contributed by atoms with Gasteiger partial charge in [-0.05, 0) is 35.9 Å². The van der Waals surface area contributed by atoms with Gasteiger partial charge in [0, 0.05) is 6.54 Å². The second-order valence-electron chi connectivity index (χ2n) is 4.86. The molecular weight excluding hydrogens is 317 g/mol. The Morgan fingerprint density at radius 2 is 1.83 bits per heavy atom. The SMILES string of the molecule is COc1cc(C(=O)O)ccc1OCC(=O)NCc1ccc(F)cc1. The standard InChI is InChI=1S/C17H16FNO5/c1-23-15-8-12(17(21)22)4-7-14(15)24-10-16(20)19-9-11-2-5-13(18)6-3-11/h2-8H,9-10H2,1H3,(H,19,20)(H,21,22). The Bertz CT molecular complexity index is 730. The van der Waals surface area contributed by atoms with Gasteiger partial charge in [0.05, 0.1) is 12.7 Å². The Morgan fingerprint density at radius 3 is 2.46 bits per heavy atom. The van der Waals surface area contributed by atoms with Crippen LogP contribution < -0.4 is 14.8 Å². The highest BCUT2D eigenvalue weighted by Gasteiger charge is 2.11. The van der Waals surface area contributed by atoms with Gasteiger partial charge in [0.25, 0.3) is 5.91 Å². The van der Waals surface area contributed by atoms with Crippen LogP contribution in [0.15, 0.2) is 42.5 Å². The Labute approximate surface area is 137 Å². The maximum absolute atomic E-state index is 12.8. The topological polar surface area (TPSA) is 84.9 Å². The normalized spacial score (nSPS) is 10.1. The van der Waals surface area contributed by atoms with Crippen molar-refractivity contribution in [2.24, 2.45) is 0 Å². The Kier molecular flexibility index (Phi) is 5.73. The molecule has 0 aromatic heterocycles. The number of ether oxygens (including phenoxy) is 2. The van der Waals surface area contributed by atoms with Gasteiger partial charge < -0.3 is 19.9 Å². The second kappa shape index (κ2) is 7.96. The predicted octanol–water partition coefficient (Wildman–Crippen LogP) is 2.23. The molecule has 7 heteroatoms. The molecule has 0 aliphatic heterocycles. The molecule has 0 saturated carbocycles. The molecule has 126 valence electrons. The third kappa shape index (κ3) is 4.70. The van der Waals surface area contributed by atoms with E-state index in [1.54, 1.807) is 12.1 Å². The van der Waals surface area contributed by atoms with Crippen LogP contribution in [0.25, 0.3) is 0 Å². The first-order valence-corrected chi connectivity index (χ1v) is 7.05. The first kappa shape index (κ1) is 17.3. The van der Waals surface area contributed by atoms with Crippen LogP contribution in [-0.4, -0.2) is 30.7 Å². The molecule has 0 radical (unpaired) electrons. The van der Waals surface area contributed by atoms with E-state index in [9.17, 15) is 14.0 Å². The molecule has 0 heterocycles. The third-order valence-corrected chi connectivity index (χ3v) is 3.17. The molecule has 0 fully saturated rings. The minimum absolute atomic E-state index is 0.0555. The lowest BCUT2D eigenvalue weighted by Gasteiger charge is -2.11. The Balaban J connectivity index is 1.89. The lowest BCUT2D eigenvalue weighted by Crippen LogP contribution is -2.28. The molecule has 0 aliphatic rings. The summed E-state index contributed by atoms with van der Waals surface area (Å²) in [5.74, 6) is -1.31. The molecular formula is C17H16FNO5. The number of halogens is 1. The number of benzene rings is 2. The number of amides is 1. The number of carboxylic acids is 1. The average molecular weight is 333 g/mol. The van der Waals surface area contributed by atoms with Crippen molar-refractivity contribution in [3.8, 4) is 11.5 Å². The number of methoxy groups -OCH3 is 1. The molecule has 2 aromatic rings. The maximum atomic E-state index is 12.8. The van der Waals surface area contributed by atoms with Gasteiger partial charge in [-0.3, -0.25) is 4.79 Å². The largest absolute Gasteiger partial charge is 0.493 e. The zero-order chi connectivity index (χ0) is 17.5. The Morgan fingerprint density at radius 1 is 1.12 bits per heavy atom. The number of hydrogen-bond donors (Lipinski definition) is 2. The highest BCUT2D eigenvalue weighted by atomic mass is 19.1. The van der Waals surface area contributed by atoms with Gasteiger partial charge >= 0.3 is 5.97 Å². The molecule has 0 unspecified atom stereocenters. The quantitative estimate of drug-likeness (QED) is 0.812. The zero-order valence-electron chi connectivity index (χ0n) is 12.9.